The first-order valence-electron chi connectivity index (χ1n) is 6.28. The predicted molar refractivity (Wildman–Crippen MR) is 75.9 cm³/mol. The van der Waals surface area contributed by atoms with E-state index >= 15 is 0 Å². The summed E-state index contributed by atoms with van der Waals surface area (Å²) >= 11 is 1.65. The maximum Gasteiger partial charge on any atom is 0.275 e. The maximum atomic E-state index is 12.6. The van der Waals surface area contributed by atoms with Crippen LogP contribution in [-0.2, 0) is 6.54 Å². The van der Waals surface area contributed by atoms with E-state index in [4.69, 9.17) is 5.73 Å². The molecule has 0 unspecified atom stereocenters. The quantitative estimate of drug-likeness (QED) is 0.931. The van der Waals surface area contributed by atoms with Crippen LogP contribution in [0.5, 0.6) is 0 Å². The minimum Gasteiger partial charge on any atom is -0.397 e. The Morgan fingerprint density at radius 2 is 2.32 bits per heavy atom. The lowest BCUT2D eigenvalue weighted by Gasteiger charge is -2.22. The average molecular weight is 273 g/mol. The maximum absolute atomic E-state index is 12.6. The van der Waals surface area contributed by atoms with Crippen LogP contribution in [0.1, 0.15) is 28.9 Å². The van der Waals surface area contributed by atoms with E-state index in [1.54, 1.807) is 29.7 Å². The van der Waals surface area contributed by atoms with Crippen LogP contribution in [0.2, 0.25) is 0 Å². The molecule has 2 heterocycles. The van der Waals surface area contributed by atoms with Gasteiger partial charge >= 0.3 is 0 Å². The molecular formula is C14H15N3OS. The molecule has 1 saturated carbocycles. The Kier molecular flexibility index (Phi) is 3.21. The predicted octanol–water partition coefficient (Wildman–Crippen LogP) is 2.53. The summed E-state index contributed by atoms with van der Waals surface area (Å²) in [7, 11) is 0. The highest BCUT2D eigenvalue weighted by Crippen LogP contribution is 2.30. The molecule has 19 heavy (non-hydrogen) atoms. The summed E-state index contributed by atoms with van der Waals surface area (Å²) in [6.45, 7) is 0.642. The van der Waals surface area contributed by atoms with Gasteiger partial charge in [0.25, 0.3) is 5.91 Å². The lowest BCUT2D eigenvalue weighted by atomic mass is 10.2. The molecule has 3 rings (SSSR count). The summed E-state index contributed by atoms with van der Waals surface area (Å²) in [6, 6.07) is 5.85. The Bertz CT molecular complexity index is 578. The van der Waals surface area contributed by atoms with Gasteiger partial charge in [-0.1, -0.05) is 0 Å². The number of nitrogen functional groups attached to an aromatic ring is 1. The molecular weight excluding hydrogens is 258 g/mol. The zero-order chi connectivity index (χ0) is 13.2. The molecule has 98 valence electrons. The number of rotatable bonds is 4. The highest BCUT2D eigenvalue weighted by atomic mass is 32.1. The summed E-state index contributed by atoms with van der Waals surface area (Å²) in [5.41, 5.74) is 7.82. The van der Waals surface area contributed by atoms with Crippen molar-refractivity contribution >= 4 is 22.9 Å². The second-order valence-corrected chi connectivity index (χ2v) is 5.52. The number of thiophene rings is 1. The first-order valence-corrected chi connectivity index (χ1v) is 7.22. The Hall–Kier alpha value is -1.88. The van der Waals surface area contributed by atoms with Crippen LogP contribution in [0.4, 0.5) is 5.69 Å². The summed E-state index contributed by atoms with van der Waals surface area (Å²) < 4.78 is 0. The third kappa shape index (κ3) is 2.61. The van der Waals surface area contributed by atoms with E-state index in [0.717, 1.165) is 12.8 Å². The van der Waals surface area contributed by atoms with Crippen molar-refractivity contribution in [1.82, 2.24) is 9.88 Å². The highest BCUT2D eigenvalue weighted by molar-refractivity contribution is 7.07. The third-order valence-electron chi connectivity index (χ3n) is 3.22. The van der Waals surface area contributed by atoms with E-state index < -0.39 is 0 Å². The fraction of sp³-hybridized carbons (Fsp3) is 0.286. The summed E-state index contributed by atoms with van der Waals surface area (Å²) in [6.07, 6.45) is 3.75. The van der Waals surface area contributed by atoms with Crippen LogP contribution in [0.15, 0.2) is 35.2 Å². The minimum absolute atomic E-state index is 0.0631. The number of nitrogens with two attached hydrogens (primary N) is 1. The van der Waals surface area contributed by atoms with Gasteiger partial charge in [0, 0.05) is 18.8 Å². The molecule has 1 amide bonds. The molecule has 0 radical (unpaired) electrons. The number of amides is 1. The van der Waals surface area contributed by atoms with Crippen molar-refractivity contribution in [3.63, 3.8) is 0 Å². The van der Waals surface area contributed by atoms with Gasteiger partial charge in [0.1, 0.15) is 0 Å². The first kappa shape index (κ1) is 12.2. The second kappa shape index (κ2) is 5.01. The molecule has 2 N–H and O–H groups in total. The highest BCUT2D eigenvalue weighted by Gasteiger charge is 2.34. The van der Waals surface area contributed by atoms with Crippen molar-refractivity contribution in [2.24, 2.45) is 0 Å². The van der Waals surface area contributed by atoms with E-state index in [0.29, 0.717) is 24.0 Å². The molecule has 0 bridgehead atoms. The molecule has 0 spiro atoms. The van der Waals surface area contributed by atoms with Gasteiger partial charge in [-0.05, 0) is 47.4 Å². The van der Waals surface area contributed by atoms with Crippen LogP contribution in [0.25, 0.3) is 0 Å². The lowest BCUT2D eigenvalue weighted by Crippen LogP contribution is -2.33. The number of carbonyl (C=O) groups is 1. The van der Waals surface area contributed by atoms with Crippen LogP contribution in [-0.4, -0.2) is 21.8 Å². The van der Waals surface area contributed by atoms with Crippen LogP contribution in [0.3, 0.4) is 0 Å². The number of pyridine rings is 1. The Balaban J connectivity index is 1.84. The molecule has 5 heteroatoms. The normalized spacial score (nSPS) is 14.3. The van der Waals surface area contributed by atoms with Crippen molar-refractivity contribution in [2.45, 2.75) is 25.4 Å². The number of hydrogen-bond donors (Lipinski definition) is 1. The third-order valence-corrected chi connectivity index (χ3v) is 3.96. The molecule has 0 aromatic carbocycles. The van der Waals surface area contributed by atoms with Crippen molar-refractivity contribution in [3.8, 4) is 0 Å². The Morgan fingerprint density at radius 3 is 2.95 bits per heavy atom. The Morgan fingerprint density at radius 1 is 1.47 bits per heavy atom. The minimum atomic E-state index is -0.0631. The molecule has 2 aromatic heterocycles. The Labute approximate surface area is 115 Å². The largest absolute Gasteiger partial charge is 0.397 e. The molecule has 0 saturated heterocycles. The molecule has 4 nitrogen and oxygen atoms in total. The number of nitrogens with zero attached hydrogens (tertiary/aromatic N) is 2. The van der Waals surface area contributed by atoms with Gasteiger partial charge in [-0.15, -0.1) is 0 Å². The standard InChI is InChI=1S/C14H15N3OS/c15-12-2-1-6-16-13(12)14(18)17(11-3-4-11)8-10-5-7-19-9-10/h1-2,5-7,9,11H,3-4,8,15H2. The van der Waals surface area contributed by atoms with E-state index in [1.165, 1.54) is 5.56 Å². The van der Waals surface area contributed by atoms with Gasteiger partial charge < -0.3 is 10.6 Å². The van der Waals surface area contributed by atoms with E-state index in [-0.39, 0.29) is 5.91 Å². The van der Waals surface area contributed by atoms with E-state index in [9.17, 15) is 4.79 Å². The SMILES string of the molecule is Nc1cccnc1C(=O)N(Cc1ccsc1)C1CC1. The van der Waals surface area contributed by atoms with Crippen molar-refractivity contribution in [2.75, 3.05) is 5.73 Å². The van der Waals surface area contributed by atoms with Gasteiger partial charge in [-0.2, -0.15) is 11.3 Å². The molecule has 1 aliphatic rings. The summed E-state index contributed by atoms with van der Waals surface area (Å²) in [4.78, 5) is 18.6. The first-order chi connectivity index (χ1) is 9.25. The molecule has 2 aromatic rings. The fourth-order valence-corrected chi connectivity index (χ4v) is 2.72. The van der Waals surface area contributed by atoms with Crippen LogP contribution >= 0.6 is 11.3 Å². The molecule has 1 aliphatic carbocycles. The van der Waals surface area contributed by atoms with E-state index in [2.05, 4.69) is 16.4 Å². The van der Waals surface area contributed by atoms with Gasteiger partial charge in [0.2, 0.25) is 0 Å². The van der Waals surface area contributed by atoms with Gasteiger partial charge in [0.05, 0.1) is 5.69 Å². The zero-order valence-electron chi connectivity index (χ0n) is 10.5. The number of aromatic nitrogens is 1. The van der Waals surface area contributed by atoms with Crippen molar-refractivity contribution in [3.05, 3.63) is 46.4 Å². The van der Waals surface area contributed by atoms with Crippen LogP contribution < -0.4 is 5.73 Å². The summed E-state index contributed by atoms with van der Waals surface area (Å²) in [5, 5.41) is 4.10. The molecule has 0 aliphatic heterocycles. The number of anilines is 1. The smallest absolute Gasteiger partial charge is 0.275 e. The lowest BCUT2D eigenvalue weighted by molar-refractivity contribution is 0.0725. The van der Waals surface area contributed by atoms with Gasteiger partial charge in [-0.3, -0.25) is 4.79 Å². The number of carbonyl (C=O) groups excluding carboxylic acids is 1. The number of hydrogen-bond acceptors (Lipinski definition) is 4. The molecule has 0 atom stereocenters. The molecule has 1 fully saturated rings. The fourth-order valence-electron chi connectivity index (χ4n) is 2.06. The van der Waals surface area contributed by atoms with Gasteiger partial charge in [0.15, 0.2) is 5.69 Å². The van der Waals surface area contributed by atoms with Crippen molar-refractivity contribution < 1.29 is 4.79 Å². The second-order valence-electron chi connectivity index (χ2n) is 4.74. The topological polar surface area (TPSA) is 59.2 Å². The average Bonchev–Trinajstić information content (AvgIpc) is 3.13. The van der Waals surface area contributed by atoms with E-state index in [1.807, 2.05) is 10.3 Å². The van der Waals surface area contributed by atoms with Gasteiger partial charge in [-0.25, -0.2) is 4.98 Å². The monoisotopic (exact) mass is 273 g/mol. The van der Waals surface area contributed by atoms with Crippen molar-refractivity contribution in [1.29, 1.82) is 0 Å². The zero-order valence-corrected chi connectivity index (χ0v) is 11.3. The summed E-state index contributed by atoms with van der Waals surface area (Å²) in [5.74, 6) is -0.0631. The van der Waals surface area contributed by atoms with Crippen LogP contribution in [0, 0.1) is 0 Å².